The quantitative estimate of drug-likeness (QED) is 0.285. The predicted molar refractivity (Wildman–Crippen MR) is 126 cm³/mol. The second-order valence-electron chi connectivity index (χ2n) is 7.60. The molecule has 1 aliphatic heterocycles. The maximum absolute atomic E-state index is 13.3. The fourth-order valence-corrected chi connectivity index (χ4v) is 4.54. The second-order valence-corrected chi connectivity index (χ2v) is 8.41. The minimum absolute atomic E-state index is 0.125. The van der Waals surface area contributed by atoms with Gasteiger partial charge in [0.1, 0.15) is 17.6 Å². The third-order valence-electron chi connectivity index (χ3n) is 5.54. The number of pyridine rings is 1. The average Bonchev–Trinajstić information content (AvgIpc) is 3.08. The Hall–Kier alpha value is -3.42. The van der Waals surface area contributed by atoms with Crippen molar-refractivity contribution in [2.24, 2.45) is 0 Å². The van der Waals surface area contributed by atoms with Gasteiger partial charge < -0.3 is 14.7 Å². The van der Waals surface area contributed by atoms with Gasteiger partial charge in [0.15, 0.2) is 5.75 Å². The van der Waals surface area contributed by atoms with Crippen LogP contribution in [0.15, 0.2) is 66.4 Å². The highest BCUT2D eigenvalue weighted by atomic mass is 35.5. The van der Waals surface area contributed by atoms with Gasteiger partial charge in [0.05, 0.1) is 28.4 Å². The molecule has 1 amide bonds. The van der Waals surface area contributed by atoms with Crippen LogP contribution in [0.5, 0.6) is 5.75 Å². The van der Waals surface area contributed by atoms with Gasteiger partial charge in [-0.25, -0.2) is 4.39 Å². The summed E-state index contributed by atoms with van der Waals surface area (Å²) in [6.45, 7) is 0.151. The number of carbonyl (C=O) groups is 2. The summed E-state index contributed by atoms with van der Waals surface area (Å²) < 4.78 is 18.4. The van der Waals surface area contributed by atoms with E-state index in [-0.39, 0.29) is 39.3 Å². The van der Waals surface area contributed by atoms with Crippen LogP contribution in [0.4, 0.5) is 4.39 Å². The van der Waals surface area contributed by atoms with Gasteiger partial charge in [-0.3, -0.25) is 14.6 Å². The van der Waals surface area contributed by atoms with Crippen molar-refractivity contribution in [2.75, 3.05) is 13.7 Å². The zero-order chi connectivity index (χ0) is 24.4. The zero-order valence-electron chi connectivity index (χ0n) is 18.0. The van der Waals surface area contributed by atoms with E-state index >= 15 is 0 Å². The fourth-order valence-electron chi connectivity index (χ4n) is 3.90. The lowest BCUT2D eigenvalue weighted by Crippen LogP contribution is -2.32. The molecule has 1 unspecified atom stereocenters. The lowest BCUT2D eigenvalue weighted by atomic mass is 9.98. The molecule has 0 radical (unpaired) electrons. The predicted octanol–water partition coefficient (Wildman–Crippen LogP) is 5.20. The molecule has 0 aliphatic carbocycles. The van der Waals surface area contributed by atoms with Crippen molar-refractivity contribution in [1.82, 2.24) is 9.88 Å². The Morgan fingerprint density at radius 3 is 2.38 bits per heavy atom. The number of aromatic nitrogens is 1. The summed E-state index contributed by atoms with van der Waals surface area (Å²) in [4.78, 5) is 31.8. The van der Waals surface area contributed by atoms with Crippen LogP contribution >= 0.6 is 23.2 Å². The second kappa shape index (κ2) is 9.83. The Labute approximate surface area is 205 Å². The van der Waals surface area contributed by atoms with Gasteiger partial charge in [-0.05, 0) is 48.4 Å². The maximum Gasteiger partial charge on any atom is 0.295 e. The molecule has 0 spiro atoms. The molecule has 1 fully saturated rings. The summed E-state index contributed by atoms with van der Waals surface area (Å²) in [7, 11) is 1.40. The number of ether oxygens (including phenoxy) is 1. The standard InChI is InChI=1S/C25H19Cl2FN2O4/c1-34-24-17(26)12-15(13-18(24)27)22(31)20-21(19-4-2-3-10-29-19)30(25(33)23(20)32)11-9-14-5-7-16(28)8-6-14/h2-8,10,12-13,21,31H,9,11H2,1H3/b22-20+. The van der Waals surface area contributed by atoms with E-state index in [9.17, 15) is 19.1 Å². The Balaban J connectivity index is 1.78. The summed E-state index contributed by atoms with van der Waals surface area (Å²) in [6, 6.07) is 12.9. The van der Waals surface area contributed by atoms with Crippen LogP contribution in [0.25, 0.3) is 5.76 Å². The molecule has 174 valence electrons. The largest absolute Gasteiger partial charge is 0.507 e. The first-order chi connectivity index (χ1) is 16.3. The van der Waals surface area contributed by atoms with Crippen molar-refractivity contribution in [3.63, 3.8) is 0 Å². The molecule has 0 bridgehead atoms. The summed E-state index contributed by atoms with van der Waals surface area (Å²) in [5.74, 6) is -2.19. The Morgan fingerprint density at radius 2 is 1.79 bits per heavy atom. The third kappa shape index (κ3) is 4.49. The highest BCUT2D eigenvalue weighted by Crippen LogP contribution is 2.41. The fraction of sp³-hybridized carbons (Fsp3) is 0.160. The number of hydrogen-bond acceptors (Lipinski definition) is 5. The molecule has 34 heavy (non-hydrogen) atoms. The molecule has 1 saturated heterocycles. The highest BCUT2D eigenvalue weighted by molar-refractivity contribution is 6.46. The summed E-state index contributed by atoms with van der Waals surface area (Å²) in [6.07, 6.45) is 1.91. The normalized spacial score (nSPS) is 17.3. The Morgan fingerprint density at radius 1 is 1.12 bits per heavy atom. The van der Waals surface area contributed by atoms with E-state index in [0.29, 0.717) is 12.1 Å². The number of methoxy groups -OCH3 is 1. The van der Waals surface area contributed by atoms with Crippen molar-refractivity contribution in [3.8, 4) is 5.75 Å². The van der Waals surface area contributed by atoms with Crippen molar-refractivity contribution < 1.29 is 23.8 Å². The number of halogens is 3. The van der Waals surface area contributed by atoms with Crippen LogP contribution in [0, 0.1) is 5.82 Å². The number of aliphatic hydroxyl groups excluding tert-OH is 1. The van der Waals surface area contributed by atoms with Crippen LogP contribution in [-0.2, 0) is 16.0 Å². The van der Waals surface area contributed by atoms with Gasteiger partial charge >= 0.3 is 0 Å². The SMILES string of the molecule is COc1c(Cl)cc(/C(O)=C2\C(=O)C(=O)N(CCc3ccc(F)cc3)C2c2ccccn2)cc1Cl. The molecule has 1 atom stereocenters. The number of benzene rings is 2. The maximum atomic E-state index is 13.3. The van der Waals surface area contributed by atoms with Gasteiger partial charge in [0, 0.05) is 18.3 Å². The highest BCUT2D eigenvalue weighted by Gasteiger charge is 2.46. The van der Waals surface area contributed by atoms with Gasteiger partial charge in [-0.15, -0.1) is 0 Å². The number of amides is 1. The molecule has 6 nitrogen and oxygen atoms in total. The van der Waals surface area contributed by atoms with E-state index in [4.69, 9.17) is 27.9 Å². The number of ketones is 1. The number of aliphatic hydroxyl groups is 1. The zero-order valence-corrected chi connectivity index (χ0v) is 19.5. The first-order valence-electron chi connectivity index (χ1n) is 10.3. The number of carbonyl (C=O) groups excluding carboxylic acids is 2. The molecule has 2 aromatic carbocycles. The minimum Gasteiger partial charge on any atom is -0.507 e. The van der Waals surface area contributed by atoms with Crippen LogP contribution in [0.2, 0.25) is 10.0 Å². The van der Waals surface area contributed by atoms with Gasteiger partial charge in [0.25, 0.3) is 11.7 Å². The first-order valence-corrected chi connectivity index (χ1v) is 11.0. The van der Waals surface area contributed by atoms with E-state index in [1.54, 1.807) is 30.3 Å². The minimum atomic E-state index is -0.929. The molecule has 2 heterocycles. The average molecular weight is 501 g/mol. The van der Waals surface area contributed by atoms with Crippen molar-refractivity contribution >= 4 is 40.7 Å². The van der Waals surface area contributed by atoms with Crippen LogP contribution < -0.4 is 4.74 Å². The monoisotopic (exact) mass is 500 g/mol. The molecule has 3 aromatic rings. The smallest absolute Gasteiger partial charge is 0.295 e. The number of nitrogens with zero attached hydrogens (tertiary/aromatic N) is 2. The Bertz CT molecular complexity index is 1260. The number of likely N-dealkylation sites (tertiary alicyclic amines) is 1. The molecule has 4 rings (SSSR count). The number of rotatable bonds is 6. The summed E-state index contributed by atoms with van der Waals surface area (Å²) in [5.41, 5.74) is 1.23. The molecule has 0 saturated carbocycles. The summed E-state index contributed by atoms with van der Waals surface area (Å²) in [5, 5.41) is 11.4. The third-order valence-corrected chi connectivity index (χ3v) is 6.10. The molecule has 1 aromatic heterocycles. The van der Waals surface area contributed by atoms with Crippen LogP contribution in [-0.4, -0.2) is 40.3 Å². The van der Waals surface area contributed by atoms with Crippen molar-refractivity contribution in [1.29, 1.82) is 0 Å². The van der Waals surface area contributed by atoms with E-state index in [0.717, 1.165) is 5.56 Å². The van der Waals surface area contributed by atoms with Gasteiger partial charge in [-0.2, -0.15) is 0 Å². The van der Waals surface area contributed by atoms with Crippen molar-refractivity contribution in [2.45, 2.75) is 12.5 Å². The number of Topliss-reactive ketones (excluding diaryl/α,β-unsaturated/α-hetero) is 1. The van der Waals surface area contributed by atoms with Crippen LogP contribution in [0.1, 0.15) is 22.9 Å². The first kappa shape index (κ1) is 23.7. The molecule has 9 heteroatoms. The summed E-state index contributed by atoms with van der Waals surface area (Å²) >= 11 is 12.4. The van der Waals surface area contributed by atoms with Gasteiger partial charge in [0.2, 0.25) is 0 Å². The van der Waals surface area contributed by atoms with Crippen molar-refractivity contribution in [3.05, 3.63) is 99.1 Å². The van der Waals surface area contributed by atoms with E-state index in [1.165, 1.54) is 42.5 Å². The molecule has 1 aliphatic rings. The lowest BCUT2D eigenvalue weighted by Gasteiger charge is -2.24. The molecular weight excluding hydrogens is 482 g/mol. The topological polar surface area (TPSA) is 79.7 Å². The van der Waals surface area contributed by atoms with Crippen LogP contribution in [0.3, 0.4) is 0 Å². The molecule has 1 N–H and O–H groups in total. The van der Waals surface area contributed by atoms with E-state index < -0.39 is 23.5 Å². The molecular formula is C25H19Cl2FN2O4. The van der Waals surface area contributed by atoms with Gasteiger partial charge in [-0.1, -0.05) is 41.4 Å². The lowest BCUT2D eigenvalue weighted by molar-refractivity contribution is -0.139. The van der Waals surface area contributed by atoms with E-state index in [1.807, 2.05) is 0 Å². The Kier molecular flexibility index (Phi) is 6.86. The van der Waals surface area contributed by atoms with E-state index in [2.05, 4.69) is 4.98 Å². The number of hydrogen-bond donors (Lipinski definition) is 1.